The SMILES string of the molecule is CCc1cccc(C)c1Nc1ccc(NC(C)=O)cc1. The molecule has 3 heteroatoms. The van der Waals surface area contributed by atoms with Gasteiger partial charge in [0.2, 0.25) is 5.91 Å². The summed E-state index contributed by atoms with van der Waals surface area (Å²) in [6.45, 7) is 5.76. The predicted molar refractivity (Wildman–Crippen MR) is 84.6 cm³/mol. The Balaban J connectivity index is 2.20. The zero-order chi connectivity index (χ0) is 14.5. The number of aryl methyl sites for hydroxylation is 2. The standard InChI is InChI=1S/C17H20N2O/c1-4-14-7-5-6-12(2)17(14)19-16-10-8-15(9-11-16)18-13(3)20/h5-11,19H,4H2,1-3H3,(H,18,20). The van der Waals surface area contributed by atoms with Crippen LogP contribution >= 0.6 is 0 Å². The van der Waals surface area contributed by atoms with Crippen molar-refractivity contribution in [2.75, 3.05) is 10.6 Å². The number of carbonyl (C=O) groups is 1. The first-order valence-electron chi connectivity index (χ1n) is 6.83. The van der Waals surface area contributed by atoms with Gasteiger partial charge in [-0.1, -0.05) is 25.1 Å². The number of hydrogen-bond acceptors (Lipinski definition) is 2. The van der Waals surface area contributed by atoms with E-state index in [-0.39, 0.29) is 5.91 Å². The van der Waals surface area contributed by atoms with Crippen molar-refractivity contribution in [1.29, 1.82) is 0 Å². The number of amides is 1. The fraction of sp³-hybridized carbons (Fsp3) is 0.235. The van der Waals surface area contributed by atoms with Crippen LogP contribution in [0.4, 0.5) is 17.1 Å². The minimum atomic E-state index is -0.0575. The van der Waals surface area contributed by atoms with Crippen LogP contribution in [0.1, 0.15) is 25.0 Å². The second kappa shape index (κ2) is 6.24. The van der Waals surface area contributed by atoms with Crippen LogP contribution in [0.15, 0.2) is 42.5 Å². The Morgan fingerprint density at radius 1 is 1.05 bits per heavy atom. The summed E-state index contributed by atoms with van der Waals surface area (Å²) in [6, 6.07) is 14.1. The van der Waals surface area contributed by atoms with Crippen LogP contribution in [0.25, 0.3) is 0 Å². The van der Waals surface area contributed by atoms with Crippen LogP contribution in [0.3, 0.4) is 0 Å². The molecule has 0 saturated heterocycles. The Bertz CT molecular complexity index is 603. The van der Waals surface area contributed by atoms with Gasteiger partial charge in [-0.25, -0.2) is 0 Å². The average Bonchev–Trinajstić information content (AvgIpc) is 2.42. The minimum Gasteiger partial charge on any atom is -0.355 e. The number of carbonyl (C=O) groups excluding carboxylic acids is 1. The molecule has 0 radical (unpaired) electrons. The molecule has 0 heterocycles. The Hall–Kier alpha value is -2.29. The second-order valence-electron chi connectivity index (χ2n) is 4.85. The first-order chi connectivity index (χ1) is 9.60. The summed E-state index contributed by atoms with van der Waals surface area (Å²) >= 11 is 0. The van der Waals surface area contributed by atoms with Gasteiger partial charge in [0.05, 0.1) is 0 Å². The smallest absolute Gasteiger partial charge is 0.221 e. The van der Waals surface area contributed by atoms with Crippen molar-refractivity contribution in [3.63, 3.8) is 0 Å². The number of para-hydroxylation sites is 1. The highest BCUT2D eigenvalue weighted by molar-refractivity contribution is 5.88. The summed E-state index contributed by atoms with van der Waals surface area (Å²) in [5.41, 5.74) is 5.53. The topological polar surface area (TPSA) is 41.1 Å². The van der Waals surface area contributed by atoms with Crippen molar-refractivity contribution in [2.24, 2.45) is 0 Å². The minimum absolute atomic E-state index is 0.0575. The zero-order valence-corrected chi connectivity index (χ0v) is 12.2. The molecule has 0 aliphatic rings. The molecule has 0 aliphatic carbocycles. The third kappa shape index (κ3) is 3.38. The third-order valence-corrected chi connectivity index (χ3v) is 3.21. The van der Waals surface area contributed by atoms with Crippen molar-refractivity contribution in [2.45, 2.75) is 27.2 Å². The van der Waals surface area contributed by atoms with Gasteiger partial charge in [-0.2, -0.15) is 0 Å². The molecule has 1 amide bonds. The lowest BCUT2D eigenvalue weighted by molar-refractivity contribution is -0.114. The van der Waals surface area contributed by atoms with E-state index in [0.717, 1.165) is 17.8 Å². The lowest BCUT2D eigenvalue weighted by atomic mass is 10.1. The van der Waals surface area contributed by atoms with Crippen LogP contribution in [-0.2, 0) is 11.2 Å². The molecule has 0 unspecified atom stereocenters. The molecule has 0 spiro atoms. The summed E-state index contributed by atoms with van der Waals surface area (Å²) in [5, 5.41) is 6.22. The van der Waals surface area contributed by atoms with E-state index in [0.29, 0.717) is 0 Å². The molecule has 0 aromatic heterocycles. The maximum atomic E-state index is 11.0. The van der Waals surface area contributed by atoms with Gasteiger partial charge in [0.25, 0.3) is 0 Å². The highest BCUT2D eigenvalue weighted by atomic mass is 16.1. The Labute approximate surface area is 120 Å². The van der Waals surface area contributed by atoms with E-state index in [2.05, 4.69) is 42.7 Å². The Kier molecular flexibility index (Phi) is 4.41. The maximum absolute atomic E-state index is 11.0. The molecule has 20 heavy (non-hydrogen) atoms. The first-order valence-corrected chi connectivity index (χ1v) is 6.83. The van der Waals surface area contributed by atoms with E-state index in [4.69, 9.17) is 0 Å². The van der Waals surface area contributed by atoms with Gasteiger partial charge >= 0.3 is 0 Å². The number of nitrogens with one attached hydrogen (secondary N) is 2. The summed E-state index contributed by atoms with van der Waals surface area (Å²) in [6.07, 6.45) is 0.994. The van der Waals surface area contributed by atoms with Crippen LogP contribution in [0, 0.1) is 6.92 Å². The molecular weight excluding hydrogens is 248 g/mol. The molecule has 2 rings (SSSR count). The van der Waals surface area contributed by atoms with Gasteiger partial charge in [-0.05, 0) is 48.7 Å². The van der Waals surface area contributed by atoms with Crippen LogP contribution in [0.5, 0.6) is 0 Å². The number of rotatable bonds is 4. The molecule has 2 aromatic carbocycles. The molecule has 3 nitrogen and oxygen atoms in total. The summed E-state index contributed by atoms with van der Waals surface area (Å²) < 4.78 is 0. The van der Waals surface area contributed by atoms with E-state index < -0.39 is 0 Å². The van der Waals surface area contributed by atoms with Crippen LogP contribution in [0.2, 0.25) is 0 Å². The summed E-state index contributed by atoms with van der Waals surface area (Å²) in [5.74, 6) is -0.0575. The fourth-order valence-corrected chi connectivity index (χ4v) is 2.19. The second-order valence-corrected chi connectivity index (χ2v) is 4.85. The molecule has 0 aliphatic heterocycles. The zero-order valence-electron chi connectivity index (χ0n) is 12.2. The van der Waals surface area contributed by atoms with E-state index in [1.54, 1.807) is 0 Å². The molecule has 0 atom stereocenters. The number of benzene rings is 2. The largest absolute Gasteiger partial charge is 0.355 e. The Morgan fingerprint density at radius 2 is 1.70 bits per heavy atom. The normalized spacial score (nSPS) is 10.2. The van der Waals surface area contributed by atoms with Gasteiger partial charge in [-0.3, -0.25) is 4.79 Å². The first kappa shape index (κ1) is 14.1. The van der Waals surface area contributed by atoms with Crippen LogP contribution in [-0.4, -0.2) is 5.91 Å². The maximum Gasteiger partial charge on any atom is 0.221 e. The summed E-state index contributed by atoms with van der Waals surface area (Å²) in [4.78, 5) is 11.0. The number of anilines is 3. The van der Waals surface area contributed by atoms with Gasteiger partial charge in [-0.15, -0.1) is 0 Å². The lowest BCUT2D eigenvalue weighted by Crippen LogP contribution is -2.05. The van der Waals surface area contributed by atoms with Crippen molar-refractivity contribution in [1.82, 2.24) is 0 Å². The fourth-order valence-electron chi connectivity index (χ4n) is 2.19. The highest BCUT2D eigenvalue weighted by Crippen LogP contribution is 2.26. The molecule has 2 N–H and O–H groups in total. The molecule has 0 fully saturated rings. The quantitative estimate of drug-likeness (QED) is 0.870. The summed E-state index contributed by atoms with van der Waals surface area (Å²) in [7, 11) is 0. The van der Waals surface area contributed by atoms with E-state index in [9.17, 15) is 4.79 Å². The van der Waals surface area contributed by atoms with E-state index >= 15 is 0 Å². The van der Waals surface area contributed by atoms with Crippen molar-refractivity contribution >= 4 is 23.0 Å². The van der Waals surface area contributed by atoms with E-state index in [1.165, 1.54) is 23.7 Å². The molecule has 0 saturated carbocycles. The predicted octanol–water partition coefficient (Wildman–Crippen LogP) is 4.26. The van der Waals surface area contributed by atoms with Crippen molar-refractivity contribution in [3.05, 3.63) is 53.6 Å². The Morgan fingerprint density at radius 3 is 2.30 bits per heavy atom. The van der Waals surface area contributed by atoms with Crippen molar-refractivity contribution < 1.29 is 4.79 Å². The molecule has 0 bridgehead atoms. The molecule has 2 aromatic rings. The highest BCUT2D eigenvalue weighted by Gasteiger charge is 2.04. The lowest BCUT2D eigenvalue weighted by Gasteiger charge is -2.14. The third-order valence-electron chi connectivity index (χ3n) is 3.21. The van der Waals surface area contributed by atoms with Crippen molar-refractivity contribution in [3.8, 4) is 0 Å². The van der Waals surface area contributed by atoms with E-state index in [1.807, 2.05) is 24.3 Å². The molecular formula is C17H20N2O. The van der Waals surface area contributed by atoms with Gasteiger partial charge in [0, 0.05) is 24.0 Å². The van der Waals surface area contributed by atoms with Gasteiger partial charge in [0.1, 0.15) is 0 Å². The average molecular weight is 268 g/mol. The monoisotopic (exact) mass is 268 g/mol. The number of hydrogen-bond donors (Lipinski definition) is 2. The van der Waals surface area contributed by atoms with Gasteiger partial charge < -0.3 is 10.6 Å². The van der Waals surface area contributed by atoms with Crippen LogP contribution < -0.4 is 10.6 Å². The molecule has 104 valence electrons. The van der Waals surface area contributed by atoms with Gasteiger partial charge in [0.15, 0.2) is 0 Å².